The van der Waals surface area contributed by atoms with E-state index in [2.05, 4.69) is 20.3 Å². The van der Waals surface area contributed by atoms with Gasteiger partial charge in [-0.1, -0.05) is 0 Å². The predicted octanol–water partition coefficient (Wildman–Crippen LogP) is 2.29. The molecule has 4 nitrogen and oxygen atoms in total. The average Bonchev–Trinajstić information content (AvgIpc) is 3.12. The van der Waals surface area contributed by atoms with Crippen LogP contribution in [0.1, 0.15) is 23.9 Å². The Hall–Kier alpha value is -2.04. The topological polar surface area (TPSA) is 50.7 Å². The van der Waals surface area contributed by atoms with Gasteiger partial charge in [-0.25, -0.2) is 15.0 Å². The molecule has 1 aliphatic rings. The molecule has 0 saturated heterocycles. The second kappa shape index (κ2) is 4.33. The summed E-state index contributed by atoms with van der Waals surface area (Å²) in [6, 6.07) is 5.25. The van der Waals surface area contributed by atoms with Gasteiger partial charge in [0.25, 0.3) is 0 Å². The third-order valence-corrected chi connectivity index (χ3v) is 3.01. The molecule has 0 aromatic carbocycles. The molecule has 3 rings (SSSR count). The zero-order valence-corrected chi connectivity index (χ0v) is 9.97. The Balaban J connectivity index is 1.66. The van der Waals surface area contributed by atoms with Crippen molar-refractivity contribution in [2.75, 3.05) is 5.32 Å². The summed E-state index contributed by atoms with van der Waals surface area (Å²) >= 11 is 0. The highest BCUT2D eigenvalue weighted by Gasteiger charge is 2.40. The lowest BCUT2D eigenvalue weighted by atomic mass is 10.3. The lowest BCUT2D eigenvalue weighted by Crippen LogP contribution is -2.06. The lowest BCUT2D eigenvalue weighted by molar-refractivity contribution is 0.584. The van der Waals surface area contributed by atoms with E-state index in [0.29, 0.717) is 12.0 Å². The Morgan fingerprint density at radius 1 is 1.28 bits per heavy atom. The first-order valence-electron chi connectivity index (χ1n) is 5.90. The van der Waals surface area contributed by atoms with E-state index in [1.54, 1.807) is 12.3 Å². The van der Waals surface area contributed by atoms with Crippen LogP contribution in [0.2, 0.25) is 0 Å². The molecule has 1 fully saturated rings. The maximum absolute atomic E-state index is 12.7. The van der Waals surface area contributed by atoms with Crippen LogP contribution in [0.25, 0.3) is 0 Å². The van der Waals surface area contributed by atoms with Gasteiger partial charge in [0.15, 0.2) is 0 Å². The second-order valence-electron chi connectivity index (χ2n) is 4.52. The Morgan fingerprint density at radius 2 is 2.17 bits per heavy atom. The van der Waals surface area contributed by atoms with Gasteiger partial charge in [-0.2, -0.15) is 4.39 Å². The maximum atomic E-state index is 12.7. The number of aromatic nitrogens is 3. The standard InChI is InChI=1S/C13H13FN4/c1-8-4-5-15-13(17-8)10-6-11(10)18-9-2-3-12(14)16-7-9/h2-5,7,10-11,18H,6H2,1H3. The molecular formula is C13H13FN4. The Bertz CT molecular complexity index is 555. The lowest BCUT2D eigenvalue weighted by Gasteiger charge is -2.04. The van der Waals surface area contributed by atoms with Crippen molar-refractivity contribution < 1.29 is 4.39 Å². The van der Waals surface area contributed by atoms with Gasteiger partial charge in [0, 0.05) is 23.9 Å². The van der Waals surface area contributed by atoms with Crippen molar-refractivity contribution >= 4 is 5.69 Å². The van der Waals surface area contributed by atoms with Crippen molar-refractivity contribution in [1.29, 1.82) is 0 Å². The summed E-state index contributed by atoms with van der Waals surface area (Å²) in [5, 5.41) is 3.30. The van der Waals surface area contributed by atoms with Crippen LogP contribution in [-0.2, 0) is 0 Å². The highest BCUT2D eigenvalue weighted by Crippen LogP contribution is 2.40. The minimum Gasteiger partial charge on any atom is -0.380 e. The quantitative estimate of drug-likeness (QED) is 0.842. The molecule has 18 heavy (non-hydrogen) atoms. The second-order valence-corrected chi connectivity index (χ2v) is 4.52. The van der Waals surface area contributed by atoms with Gasteiger partial charge in [0.2, 0.25) is 5.95 Å². The molecule has 1 aliphatic carbocycles. The highest BCUT2D eigenvalue weighted by molar-refractivity contribution is 5.44. The van der Waals surface area contributed by atoms with Gasteiger partial charge >= 0.3 is 0 Å². The van der Waals surface area contributed by atoms with E-state index >= 15 is 0 Å². The fourth-order valence-corrected chi connectivity index (χ4v) is 1.96. The minimum absolute atomic E-state index is 0.319. The molecule has 2 heterocycles. The van der Waals surface area contributed by atoms with Crippen molar-refractivity contribution in [2.24, 2.45) is 0 Å². The summed E-state index contributed by atoms with van der Waals surface area (Å²) < 4.78 is 12.7. The fraction of sp³-hybridized carbons (Fsp3) is 0.308. The summed E-state index contributed by atoms with van der Waals surface area (Å²) in [5.74, 6) is 0.757. The van der Waals surface area contributed by atoms with Crippen molar-refractivity contribution in [3.05, 3.63) is 48.1 Å². The number of anilines is 1. The van der Waals surface area contributed by atoms with Crippen LogP contribution >= 0.6 is 0 Å². The third-order valence-electron chi connectivity index (χ3n) is 3.01. The number of nitrogens with zero attached hydrogens (tertiary/aromatic N) is 3. The van der Waals surface area contributed by atoms with Crippen LogP contribution in [-0.4, -0.2) is 21.0 Å². The molecule has 2 aromatic rings. The van der Waals surface area contributed by atoms with E-state index < -0.39 is 5.95 Å². The van der Waals surface area contributed by atoms with Crippen molar-refractivity contribution in [2.45, 2.75) is 25.3 Å². The molecular weight excluding hydrogens is 231 g/mol. The third kappa shape index (κ3) is 2.30. The Kier molecular flexibility index (Phi) is 2.66. The smallest absolute Gasteiger partial charge is 0.212 e. The van der Waals surface area contributed by atoms with E-state index in [9.17, 15) is 4.39 Å². The first kappa shape index (κ1) is 11.1. The normalized spacial score (nSPS) is 21.7. The van der Waals surface area contributed by atoms with Crippen LogP contribution in [0.15, 0.2) is 30.6 Å². The first-order valence-corrected chi connectivity index (χ1v) is 5.90. The number of aryl methyl sites for hydroxylation is 1. The van der Waals surface area contributed by atoms with Crippen molar-refractivity contribution in [3.63, 3.8) is 0 Å². The number of rotatable bonds is 3. The average molecular weight is 244 g/mol. The van der Waals surface area contributed by atoms with E-state index in [1.807, 2.05) is 13.0 Å². The van der Waals surface area contributed by atoms with Crippen LogP contribution in [0.5, 0.6) is 0 Å². The number of pyridine rings is 1. The van der Waals surface area contributed by atoms with Crippen LogP contribution < -0.4 is 5.32 Å². The molecule has 1 N–H and O–H groups in total. The number of halogens is 1. The zero-order valence-electron chi connectivity index (χ0n) is 9.97. The van der Waals surface area contributed by atoms with Gasteiger partial charge in [0.05, 0.1) is 11.9 Å². The molecule has 92 valence electrons. The summed E-state index contributed by atoms with van der Waals surface area (Å²) in [7, 11) is 0. The van der Waals surface area contributed by atoms with E-state index in [4.69, 9.17) is 0 Å². The monoisotopic (exact) mass is 244 g/mol. The molecule has 1 saturated carbocycles. The van der Waals surface area contributed by atoms with Crippen molar-refractivity contribution in [3.8, 4) is 0 Å². The summed E-state index contributed by atoms with van der Waals surface area (Å²) in [5.41, 5.74) is 1.81. The fourth-order valence-electron chi connectivity index (χ4n) is 1.96. The SMILES string of the molecule is Cc1ccnc(C2CC2Nc2ccc(F)nc2)n1. The minimum atomic E-state index is -0.463. The molecule has 2 atom stereocenters. The molecule has 2 unspecified atom stereocenters. The van der Waals surface area contributed by atoms with Gasteiger partial charge in [0.1, 0.15) is 5.82 Å². The Labute approximate surface area is 104 Å². The Morgan fingerprint density at radius 3 is 2.89 bits per heavy atom. The predicted molar refractivity (Wildman–Crippen MR) is 65.7 cm³/mol. The molecule has 0 aliphatic heterocycles. The number of hydrogen-bond donors (Lipinski definition) is 1. The van der Waals surface area contributed by atoms with E-state index in [-0.39, 0.29) is 0 Å². The molecule has 0 amide bonds. The summed E-state index contributed by atoms with van der Waals surface area (Å²) in [4.78, 5) is 12.3. The number of hydrogen-bond acceptors (Lipinski definition) is 4. The van der Waals surface area contributed by atoms with Gasteiger partial charge < -0.3 is 5.32 Å². The van der Waals surface area contributed by atoms with E-state index in [1.165, 1.54) is 12.3 Å². The molecule has 2 aromatic heterocycles. The van der Waals surface area contributed by atoms with Crippen LogP contribution in [0.3, 0.4) is 0 Å². The van der Waals surface area contributed by atoms with Gasteiger partial charge in [-0.15, -0.1) is 0 Å². The highest BCUT2D eigenvalue weighted by atomic mass is 19.1. The zero-order chi connectivity index (χ0) is 12.5. The molecule has 0 radical (unpaired) electrons. The first-order chi connectivity index (χ1) is 8.72. The summed E-state index contributed by atoms with van der Waals surface area (Å²) in [6.07, 6.45) is 4.29. The summed E-state index contributed by atoms with van der Waals surface area (Å²) in [6.45, 7) is 1.96. The van der Waals surface area contributed by atoms with Gasteiger partial charge in [-0.3, -0.25) is 0 Å². The van der Waals surface area contributed by atoms with E-state index in [0.717, 1.165) is 23.6 Å². The van der Waals surface area contributed by atoms with Crippen molar-refractivity contribution in [1.82, 2.24) is 15.0 Å². The molecule has 5 heteroatoms. The molecule has 0 bridgehead atoms. The number of nitrogens with one attached hydrogen (secondary N) is 1. The van der Waals surface area contributed by atoms with Gasteiger partial charge in [-0.05, 0) is 31.5 Å². The largest absolute Gasteiger partial charge is 0.380 e. The van der Waals surface area contributed by atoms with Crippen LogP contribution in [0, 0.1) is 12.9 Å². The maximum Gasteiger partial charge on any atom is 0.212 e. The van der Waals surface area contributed by atoms with Crippen LogP contribution in [0.4, 0.5) is 10.1 Å². The molecule has 0 spiro atoms.